The van der Waals surface area contributed by atoms with Gasteiger partial charge in [0.1, 0.15) is 11.8 Å². The molecule has 1 amide bonds. The second-order valence-electron chi connectivity index (χ2n) is 4.36. The first-order chi connectivity index (χ1) is 8.66. The van der Waals surface area contributed by atoms with Crippen molar-refractivity contribution in [3.05, 3.63) is 42.6 Å². The highest BCUT2D eigenvalue weighted by atomic mass is 16.3. The Morgan fingerprint density at radius 3 is 2.94 bits per heavy atom. The zero-order chi connectivity index (χ0) is 13.0. The molecule has 1 N–H and O–H groups in total. The van der Waals surface area contributed by atoms with Gasteiger partial charge in [0.15, 0.2) is 0 Å². The first-order valence-corrected chi connectivity index (χ1v) is 5.98. The molecule has 0 aliphatic carbocycles. The van der Waals surface area contributed by atoms with Gasteiger partial charge in [-0.2, -0.15) is 5.10 Å². The lowest BCUT2D eigenvalue weighted by molar-refractivity contribution is -0.124. The Kier molecular flexibility index (Phi) is 3.82. The third-order valence-corrected chi connectivity index (χ3v) is 2.78. The van der Waals surface area contributed by atoms with Gasteiger partial charge in [-0.1, -0.05) is 0 Å². The van der Waals surface area contributed by atoms with Crippen LogP contribution in [0.1, 0.15) is 25.6 Å². The minimum atomic E-state index is -0.306. The monoisotopic (exact) mass is 247 g/mol. The number of hydrogen-bond acceptors (Lipinski definition) is 3. The number of amides is 1. The fourth-order valence-corrected chi connectivity index (χ4v) is 1.77. The molecule has 2 heterocycles. The van der Waals surface area contributed by atoms with Crippen LogP contribution in [0.4, 0.5) is 0 Å². The number of hydrogen-bond donors (Lipinski definition) is 1. The largest absolute Gasteiger partial charge is 0.469 e. The standard InChI is InChI=1S/C13H17N3O2/c1-10(9-12-5-3-8-18-12)15-13(17)11(2)16-7-4-6-14-16/h3-8,10-11H,9H2,1-2H3,(H,15,17). The second-order valence-corrected chi connectivity index (χ2v) is 4.36. The highest BCUT2D eigenvalue weighted by Crippen LogP contribution is 2.07. The minimum Gasteiger partial charge on any atom is -0.469 e. The Labute approximate surface area is 106 Å². The van der Waals surface area contributed by atoms with Gasteiger partial charge in [0.25, 0.3) is 0 Å². The summed E-state index contributed by atoms with van der Waals surface area (Å²) in [5.41, 5.74) is 0. The zero-order valence-electron chi connectivity index (χ0n) is 10.5. The zero-order valence-corrected chi connectivity index (χ0v) is 10.5. The summed E-state index contributed by atoms with van der Waals surface area (Å²) in [6, 6.07) is 5.27. The van der Waals surface area contributed by atoms with Crippen LogP contribution in [0.15, 0.2) is 41.3 Å². The number of rotatable bonds is 5. The summed E-state index contributed by atoms with van der Waals surface area (Å²) in [5, 5.41) is 7.00. The third kappa shape index (κ3) is 3.00. The summed E-state index contributed by atoms with van der Waals surface area (Å²) < 4.78 is 6.88. The maximum absolute atomic E-state index is 12.0. The number of carbonyl (C=O) groups is 1. The van der Waals surface area contributed by atoms with E-state index in [0.29, 0.717) is 6.42 Å². The molecule has 96 valence electrons. The van der Waals surface area contributed by atoms with E-state index in [2.05, 4.69) is 10.4 Å². The van der Waals surface area contributed by atoms with Crippen LogP contribution >= 0.6 is 0 Å². The summed E-state index contributed by atoms with van der Waals surface area (Å²) >= 11 is 0. The molecular weight excluding hydrogens is 230 g/mol. The topological polar surface area (TPSA) is 60.1 Å². The van der Waals surface area contributed by atoms with Crippen molar-refractivity contribution in [3.8, 4) is 0 Å². The molecule has 0 bridgehead atoms. The van der Waals surface area contributed by atoms with Crippen molar-refractivity contribution >= 4 is 5.91 Å². The van der Waals surface area contributed by atoms with Crippen molar-refractivity contribution in [3.63, 3.8) is 0 Å². The van der Waals surface area contributed by atoms with Gasteiger partial charge in [-0.25, -0.2) is 0 Å². The van der Waals surface area contributed by atoms with Gasteiger partial charge in [0.05, 0.1) is 6.26 Å². The molecule has 0 fully saturated rings. The summed E-state index contributed by atoms with van der Waals surface area (Å²) in [7, 11) is 0. The summed E-state index contributed by atoms with van der Waals surface area (Å²) in [5.74, 6) is 0.826. The maximum atomic E-state index is 12.0. The molecule has 0 aromatic carbocycles. The van der Waals surface area contributed by atoms with E-state index in [1.165, 1.54) is 0 Å². The predicted molar refractivity (Wildman–Crippen MR) is 67.0 cm³/mol. The van der Waals surface area contributed by atoms with E-state index >= 15 is 0 Å². The van der Waals surface area contributed by atoms with Gasteiger partial charge < -0.3 is 9.73 Å². The predicted octanol–water partition coefficient (Wildman–Crippen LogP) is 1.78. The Morgan fingerprint density at radius 1 is 1.50 bits per heavy atom. The van der Waals surface area contributed by atoms with Crippen LogP contribution in [0.5, 0.6) is 0 Å². The third-order valence-electron chi connectivity index (χ3n) is 2.78. The molecule has 0 aliphatic heterocycles. The lowest BCUT2D eigenvalue weighted by Crippen LogP contribution is -2.38. The van der Waals surface area contributed by atoms with Crippen LogP contribution in [0.25, 0.3) is 0 Å². The van der Waals surface area contributed by atoms with E-state index in [1.54, 1.807) is 29.4 Å². The molecule has 5 heteroatoms. The number of nitrogens with one attached hydrogen (secondary N) is 1. The van der Waals surface area contributed by atoms with Gasteiger partial charge in [0.2, 0.25) is 5.91 Å². The molecule has 0 saturated carbocycles. The first-order valence-electron chi connectivity index (χ1n) is 5.98. The number of furan rings is 1. The van der Waals surface area contributed by atoms with Crippen molar-refractivity contribution in [2.75, 3.05) is 0 Å². The Balaban J connectivity index is 1.87. The molecule has 0 aliphatic rings. The molecule has 0 spiro atoms. The van der Waals surface area contributed by atoms with Crippen molar-refractivity contribution in [1.29, 1.82) is 0 Å². The molecule has 2 unspecified atom stereocenters. The molecule has 18 heavy (non-hydrogen) atoms. The Bertz CT molecular complexity index is 476. The quantitative estimate of drug-likeness (QED) is 0.876. The van der Waals surface area contributed by atoms with Gasteiger partial charge >= 0.3 is 0 Å². The number of nitrogens with zero attached hydrogens (tertiary/aromatic N) is 2. The van der Waals surface area contributed by atoms with E-state index in [0.717, 1.165) is 5.76 Å². The molecule has 2 aromatic rings. The average Bonchev–Trinajstić information content (AvgIpc) is 2.99. The highest BCUT2D eigenvalue weighted by molar-refractivity contribution is 5.80. The van der Waals surface area contributed by atoms with Crippen molar-refractivity contribution in [2.24, 2.45) is 0 Å². The Hall–Kier alpha value is -2.04. The van der Waals surface area contributed by atoms with Crippen LogP contribution in [-0.4, -0.2) is 21.7 Å². The fraction of sp³-hybridized carbons (Fsp3) is 0.385. The molecule has 0 saturated heterocycles. The van der Waals surface area contributed by atoms with Crippen LogP contribution in [0.2, 0.25) is 0 Å². The van der Waals surface area contributed by atoms with E-state index < -0.39 is 0 Å². The molecular formula is C13H17N3O2. The van der Waals surface area contributed by atoms with Crippen molar-refractivity contribution in [1.82, 2.24) is 15.1 Å². The lowest BCUT2D eigenvalue weighted by Gasteiger charge is -2.17. The van der Waals surface area contributed by atoms with Crippen LogP contribution in [-0.2, 0) is 11.2 Å². The normalized spacial score (nSPS) is 14.1. The summed E-state index contributed by atoms with van der Waals surface area (Å²) in [6.07, 6.45) is 5.76. The smallest absolute Gasteiger partial charge is 0.244 e. The van der Waals surface area contributed by atoms with E-state index in [1.807, 2.05) is 26.0 Å². The summed E-state index contributed by atoms with van der Waals surface area (Å²) in [4.78, 5) is 12.0. The van der Waals surface area contributed by atoms with Crippen LogP contribution < -0.4 is 5.32 Å². The maximum Gasteiger partial charge on any atom is 0.244 e. The van der Waals surface area contributed by atoms with E-state index in [9.17, 15) is 4.79 Å². The van der Waals surface area contributed by atoms with Gasteiger partial charge in [-0.15, -0.1) is 0 Å². The lowest BCUT2D eigenvalue weighted by atomic mass is 10.2. The number of aromatic nitrogens is 2. The molecule has 5 nitrogen and oxygen atoms in total. The highest BCUT2D eigenvalue weighted by Gasteiger charge is 2.17. The van der Waals surface area contributed by atoms with Crippen molar-refractivity contribution in [2.45, 2.75) is 32.4 Å². The van der Waals surface area contributed by atoms with Gasteiger partial charge in [-0.05, 0) is 32.0 Å². The Morgan fingerprint density at radius 2 is 2.33 bits per heavy atom. The minimum absolute atomic E-state index is 0.0293. The van der Waals surface area contributed by atoms with Gasteiger partial charge in [0, 0.05) is 24.9 Å². The summed E-state index contributed by atoms with van der Waals surface area (Å²) in [6.45, 7) is 3.78. The fourth-order valence-electron chi connectivity index (χ4n) is 1.77. The van der Waals surface area contributed by atoms with E-state index in [4.69, 9.17) is 4.42 Å². The average molecular weight is 247 g/mol. The van der Waals surface area contributed by atoms with Crippen LogP contribution in [0, 0.1) is 0 Å². The van der Waals surface area contributed by atoms with E-state index in [-0.39, 0.29) is 18.0 Å². The van der Waals surface area contributed by atoms with Crippen molar-refractivity contribution < 1.29 is 9.21 Å². The molecule has 2 atom stereocenters. The number of carbonyl (C=O) groups excluding carboxylic acids is 1. The second kappa shape index (κ2) is 5.53. The molecule has 0 radical (unpaired) electrons. The van der Waals surface area contributed by atoms with Crippen LogP contribution in [0.3, 0.4) is 0 Å². The molecule has 2 aromatic heterocycles. The molecule has 2 rings (SSSR count). The first kappa shape index (κ1) is 12.4. The van der Waals surface area contributed by atoms with Gasteiger partial charge in [-0.3, -0.25) is 9.48 Å². The SMILES string of the molecule is CC(Cc1ccco1)NC(=O)C(C)n1cccn1.